The molecule has 1 aromatic rings. The number of benzene rings is 1. The smallest absolute Gasteiger partial charge is 0.283 e. The van der Waals surface area contributed by atoms with Gasteiger partial charge in [-0.1, -0.05) is 0 Å². The van der Waals surface area contributed by atoms with Gasteiger partial charge < -0.3 is 4.90 Å². The van der Waals surface area contributed by atoms with Crippen molar-refractivity contribution < 1.29 is 13.2 Å². The zero-order valence-corrected chi connectivity index (χ0v) is 14.9. The van der Waals surface area contributed by atoms with Crippen LogP contribution in [0.25, 0.3) is 0 Å². The van der Waals surface area contributed by atoms with Crippen LogP contribution in [0.3, 0.4) is 0 Å². The summed E-state index contributed by atoms with van der Waals surface area (Å²) < 4.78 is 28.6. The Kier molecular flexibility index (Phi) is 5.36. The van der Waals surface area contributed by atoms with Crippen LogP contribution in [0.15, 0.2) is 43.4 Å². The minimum atomic E-state index is -3.73. The highest BCUT2D eigenvalue weighted by atomic mass is 32.3. The monoisotopic (exact) mass is 356 g/mol. The van der Waals surface area contributed by atoms with Crippen LogP contribution in [0, 0.1) is 0 Å². The fourth-order valence-electron chi connectivity index (χ4n) is 1.64. The molecule has 1 aliphatic rings. The molecule has 1 aliphatic heterocycles. The van der Waals surface area contributed by atoms with E-state index < -0.39 is 10.0 Å². The van der Waals surface area contributed by atoms with Crippen molar-refractivity contribution >= 4 is 45.7 Å². The van der Waals surface area contributed by atoms with Crippen molar-refractivity contribution in [1.82, 2.24) is 4.90 Å². The average Bonchev–Trinajstić information content (AvgIpc) is 2.43. The minimum Gasteiger partial charge on any atom is -0.368 e. The molecule has 0 atom stereocenters. The van der Waals surface area contributed by atoms with Crippen molar-refractivity contribution in [3.63, 3.8) is 0 Å². The lowest BCUT2D eigenvalue weighted by molar-refractivity contribution is 0.103. The van der Waals surface area contributed by atoms with Crippen molar-refractivity contribution in [3.8, 4) is 0 Å². The SMILES string of the molecule is CC(C(=O)c1ccc(S(=O)(=O)/N=C/N(C)C)cc1)=C1SCS1. The van der Waals surface area contributed by atoms with Gasteiger partial charge in [-0.15, -0.1) is 27.9 Å². The summed E-state index contributed by atoms with van der Waals surface area (Å²) in [7, 11) is -0.356. The van der Waals surface area contributed by atoms with E-state index in [0.29, 0.717) is 11.1 Å². The first-order valence-electron chi connectivity index (χ1n) is 6.39. The molecule has 0 aliphatic carbocycles. The van der Waals surface area contributed by atoms with Crippen LogP contribution in [-0.2, 0) is 10.0 Å². The van der Waals surface area contributed by atoms with Gasteiger partial charge >= 0.3 is 0 Å². The van der Waals surface area contributed by atoms with Gasteiger partial charge in [-0.2, -0.15) is 8.42 Å². The molecule has 0 amide bonds. The minimum absolute atomic E-state index is 0.0693. The summed E-state index contributed by atoms with van der Waals surface area (Å²) in [5, 5.41) is 0.973. The second-order valence-electron chi connectivity index (χ2n) is 4.83. The summed E-state index contributed by atoms with van der Waals surface area (Å²) in [5.41, 5.74) is 1.19. The van der Waals surface area contributed by atoms with Crippen LogP contribution in [0.4, 0.5) is 0 Å². The van der Waals surface area contributed by atoms with E-state index in [2.05, 4.69) is 4.40 Å². The summed E-state index contributed by atoms with van der Waals surface area (Å²) in [5.74, 6) is -0.0737. The third kappa shape index (κ3) is 3.93. The third-order valence-electron chi connectivity index (χ3n) is 2.86. The number of nitrogens with zero attached hydrogens (tertiary/aromatic N) is 2. The lowest BCUT2D eigenvalue weighted by Gasteiger charge is -2.17. The molecule has 8 heteroatoms. The first-order valence-corrected chi connectivity index (χ1v) is 9.80. The highest BCUT2D eigenvalue weighted by Crippen LogP contribution is 2.45. The predicted molar refractivity (Wildman–Crippen MR) is 92.9 cm³/mol. The highest BCUT2D eigenvalue weighted by Gasteiger charge is 2.20. The normalized spacial score (nSPS) is 14.8. The molecule has 1 heterocycles. The molecule has 1 saturated heterocycles. The number of carbonyl (C=O) groups excluding carboxylic acids is 1. The summed E-state index contributed by atoms with van der Waals surface area (Å²) in [6, 6.07) is 5.88. The summed E-state index contributed by atoms with van der Waals surface area (Å²) in [4.78, 5) is 13.9. The molecule has 0 unspecified atom stereocenters. The fourth-order valence-corrected chi connectivity index (χ4v) is 4.11. The Hall–Kier alpha value is -1.25. The zero-order valence-electron chi connectivity index (χ0n) is 12.4. The van der Waals surface area contributed by atoms with E-state index in [1.807, 2.05) is 0 Å². The number of hydrogen-bond donors (Lipinski definition) is 0. The second-order valence-corrected chi connectivity index (χ2v) is 9.06. The molecule has 1 aromatic carbocycles. The largest absolute Gasteiger partial charge is 0.368 e. The standard InChI is InChI=1S/C14H16N2O3S3/c1-10(14-20-9-21-14)13(17)11-4-6-12(7-5-11)22(18,19)15-8-16(2)3/h4-8H,9H2,1-3H3/b15-8+. The van der Waals surface area contributed by atoms with Crippen LogP contribution in [0.2, 0.25) is 0 Å². The number of rotatable bonds is 5. The number of carbonyl (C=O) groups is 1. The molecule has 0 spiro atoms. The second kappa shape index (κ2) is 6.89. The van der Waals surface area contributed by atoms with Crippen molar-refractivity contribution in [1.29, 1.82) is 0 Å². The third-order valence-corrected chi connectivity index (χ3v) is 6.88. The van der Waals surface area contributed by atoms with Crippen LogP contribution < -0.4 is 0 Å². The number of sulfonamides is 1. The molecule has 0 aromatic heterocycles. The Morgan fingerprint density at radius 2 is 1.82 bits per heavy atom. The number of thioether (sulfide) groups is 2. The summed E-state index contributed by atoms with van der Waals surface area (Å²) in [6.45, 7) is 1.79. The number of allylic oxidation sites excluding steroid dienone is 1. The van der Waals surface area contributed by atoms with E-state index in [1.165, 1.54) is 30.6 Å². The Bertz CT molecular complexity index is 729. The molecule has 22 heavy (non-hydrogen) atoms. The maximum Gasteiger partial charge on any atom is 0.283 e. The molecule has 118 valence electrons. The van der Waals surface area contributed by atoms with Crippen LogP contribution in [0.1, 0.15) is 17.3 Å². The molecule has 2 rings (SSSR count). The van der Waals surface area contributed by atoms with Crippen molar-refractivity contribution in [2.24, 2.45) is 4.40 Å². The molecule has 0 radical (unpaired) electrons. The van der Waals surface area contributed by atoms with E-state index in [0.717, 1.165) is 9.32 Å². The van der Waals surface area contributed by atoms with Crippen molar-refractivity contribution in [2.45, 2.75) is 11.8 Å². The molecular formula is C14H16N2O3S3. The Morgan fingerprint density at radius 1 is 1.23 bits per heavy atom. The van der Waals surface area contributed by atoms with Gasteiger partial charge in [0.1, 0.15) is 6.34 Å². The Labute approximate surface area is 138 Å². The van der Waals surface area contributed by atoms with E-state index in [9.17, 15) is 13.2 Å². The van der Waals surface area contributed by atoms with E-state index in [4.69, 9.17) is 0 Å². The topological polar surface area (TPSA) is 66.8 Å². The van der Waals surface area contributed by atoms with E-state index in [-0.39, 0.29) is 10.7 Å². The van der Waals surface area contributed by atoms with Gasteiger partial charge in [-0.25, -0.2) is 0 Å². The summed E-state index contributed by atoms with van der Waals surface area (Å²) >= 11 is 3.31. The maximum absolute atomic E-state index is 12.3. The van der Waals surface area contributed by atoms with Gasteiger partial charge in [0.15, 0.2) is 5.78 Å². The van der Waals surface area contributed by atoms with Gasteiger partial charge in [0.05, 0.1) is 4.90 Å². The van der Waals surface area contributed by atoms with E-state index >= 15 is 0 Å². The quantitative estimate of drug-likeness (QED) is 0.350. The fraction of sp³-hybridized carbons (Fsp3) is 0.286. The highest BCUT2D eigenvalue weighted by molar-refractivity contribution is 8.37. The van der Waals surface area contributed by atoms with Crippen LogP contribution in [0.5, 0.6) is 0 Å². The molecule has 0 N–H and O–H groups in total. The van der Waals surface area contributed by atoms with E-state index in [1.54, 1.807) is 49.4 Å². The zero-order chi connectivity index (χ0) is 16.3. The average molecular weight is 356 g/mol. The number of ketones is 1. The number of Topliss-reactive ketones (excluding diaryl/α,β-unsaturated/α-hetero) is 1. The molecular weight excluding hydrogens is 340 g/mol. The van der Waals surface area contributed by atoms with Gasteiger partial charge in [-0.3, -0.25) is 4.79 Å². The predicted octanol–water partition coefficient (Wildman–Crippen LogP) is 2.82. The lowest BCUT2D eigenvalue weighted by Crippen LogP contribution is -2.10. The van der Waals surface area contributed by atoms with Crippen molar-refractivity contribution in [3.05, 3.63) is 39.6 Å². The van der Waals surface area contributed by atoms with Gasteiger partial charge in [0, 0.05) is 34.6 Å². The lowest BCUT2D eigenvalue weighted by atomic mass is 10.1. The van der Waals surface area contributed by atoms with Crippen LogP contribution >= 0.6 is 23.5 Å². The Morgan fingerprint density at radius 3 is 2.27 bits per heavy atom. The van der Waals surface area contributed by atoms with Gasteiger partial charge in [-0.05, 0) is 31.2 Å². The van der Waals surface area contributed by atoms with Gasteiger partial charge in [0.2, 0.25) is 0 Å². The first-order chi connectivity index (χ1) is 10.3. The molecule has 1 fully saturated rings. The molecule has 5 nitrogen and oxygen atoms in total. The molecule has 0 bridgehead atoms. The number of hydrogen-bond acceptors (Lipinski definition) is 5. The summed E-state index contributed by atoms with van der Waals surface area (Å²) in [6.07, 6.45) is 1.23. The molecule has 0 saturated carbocycles. The first kappa shape index (κ1) is 17.1. The van der Waals surface area contributed by atoms with Crippen molar-refractivity contribution in [2.75, 3.05) is 19.2 Å². The van der Waals surface area contributed by atoms with Gasteiger partial charge in [0.25, 0.3) is 10.0 Å². The Balaban J connectivity index is 2.22. The van der Waals surface area contributed by atoms with Crippen LogP contribution in [-0.4, -0.2) is 44.6 Å². The maximum atomic E-state index is 12.3.